The minimum atomic E-state index is -0.328. The lowest BCUT2D eigenvalue weighted by Gasteiger charge is -2.07. The van der Waals surface area contributed by atoms with E-state index in [-0.39, 0.29) is 30.4 Å². The Bertz CT molecular complexity index is 1070. The molecule has 1 amide bonds. The van der Waals surface area contributed by atoms with E-state index in [2.05, 4.69) is 15.4 Å². The highest BCUT2D eigenvalue weighted by atomic mass is 32.1. The average molecular weight is 398 g/mol. The van der Waals surface area contributed by atoms with Crippen molar-refractivity contribution in [3.05, 3.63) is 74.9 Å². The quantitative estimate of drug-likeness (QED) is 0.648. The maximum Gasteiger partial charge on any atom is 0.266 e. The zero-order valence-electron chi connectivity index (χ0n) is 15.5. The second-order valence-corrected chi connectivity index (χ2v) is 7.31. The van der Waals surface area contributed by atoms with Crippen LogP contribution < -0.4 is 10.9 Å². The highest BCUT2D eigenvalue weighted by Crippen LogP contribution is 2.27. The first-order valence-corrected chi connectivity index (χ1v) is 9.48. The van der Waals surface area contributed by atoms with E-state index in [0.29, 0.717) is 5.69 Å². The third-order valence-electron chi connectivity index (χ3n) is 3.92. The molecule has 0 saturated carbocycles. The number of carbonyl (C=O) groups is 1. The van der Waals surface area contributed by atoms with E-state index in [1.807, 2.05) is 13.8 Å². The lowest BCUT2D eigenvalue weighted by Crippen LogP contribution is -2.31. The molecule has 6 nitrogen and oxygen atoms in total. The van der Waals surface area contributed by atoms with Gasteiger partial charge in [0.15, 0.2) is 0 Å². The molecule has 0 spiro atoms. The van der Waals surface area contributed by atoms with Crippen LogP contribution in [-0.2, 0) is 11.3 Å². The van der Waals surface area contributed by atoms with Gasteiger partial charge in [0.25, 0.3) is 5.56 Å². The van der Waals surface area contributed by atoms with Crippen molar-refractivity contribution in [1.82, 2.24) is 20.1 Å². The standard InChI is InChI=1S/C20H19FN4O2S/c1-13-20(28-14(2)23-13)17-8-10-19(27)25(24-17)12-11-22-18(26)9-5-15-3-6-16(21)7-4-15/h3-10H,11-12H2,1-2H3,(H,22,26)/b9-5-. The first-order chi connectivity index (χ1) is 13.4. The van der Waals surface area contributed by atoms with Crippen molar-refractivity contribution in [2.75, 3.05) is 6.54 Å². The summed E-state index contributed by atoms with van der Waals surface area (Å²) in [5.74, 6) is -0.632. The van der Waals surface area contributed by atoms with Crippen LogP contribution in [0.5, 0.6) is 0 Å². The molecule has 0 bridgehead atoms. The topological polar surface area (TPSA) is 76.9 Å². The lowest BCUT2D eigenvalue weighted by atomic mass is 10.2. The Morgan fingerprint density at radius 3 is 2.64 bits per heavy atom. The van der Waals surface area contributed by atoms with E-state index in [0.717, 1.165) is 21.1 Å². The first-order valence-electron chi connectivity index (χ1n) is 8.66. The Labute approximate surface area is 165 Å². The Hall–Kier alpha value is -3.13. The minimum Gasteiger partial charge on any atom is -0.351 e. The van der Waals surface area contributed by atoms with E-state index in [1.54, 1.807) is 24.3 Å². The molecule has 28 heavy (non-hydrogen) atoms. The van der Waals surface area contributed by atoms with Crippen molar-refractivity contribution >= 4 is 23.3 Å². The van der Waals surface area contributed by atoms with Crippen LogP contribution in [0, 0.1) is 19.7 Å². The monoisotopic (exact) mass is 398 g/mol. The molecule has 0 radical (unpaired) electrons. The number of hydrogen-bond acceptors (Lipinski definition) is 5. The largest absolute Gasteiger partial charge is 0.351 e. The molecule has 1 aromatic carbocycles. The van der Waals surface area contributed by atoms with Gasteiger partial charge in [-0.1, -0.05) is 12.1 Å². The number of hydrogen-bond donors (Lipinski definition) is 1. The number of benzene rings is 1. The molecule has 0 aliphatic heterocycles. The predicted molar refractivity (Wildman–Crippen MR) is 108 cm³/mol. The van der Waals surface area contributed by atoms with E-state index >= 15 is 0 Å². The van der Waals surface area contributed by atoms with Crippen LogP contribution in [0.25, 0.3) is 16.6 Å². The maximum absolute atomic E-state index is 12.9. The molecule has 8 heteroatoms. The van der Waals surface area contributed by atoms with Crippen LogP contribution in [0.2, 0.25) is 0 Å². The van der Waals surface area contributed by atoms with Crippen LogP contribution in [0.15, 0.2) is 47.3 Å². The maximum atomic E-state index is 12.9. The summed E-state index contributed by atoms with van der Waals surface area (Å²) in [5, 5.41) is 8.03. The molecule has 2 aromatic heterocycles. The van der Waals surface area contributed by atoms with Crippen LogP contribution in [0.1, 0.15) is 16.3 Å². The molecule has 0 saturated heterocycles. The number of thiazole rings is 1. The zero-order valence-corrected chi connectivity index (χ0v) is 16.3. The number of rotatable bonds is 6. The molecule has 1 N–H and O–H groups in total. The predicted octanol–water partition coefficient (Wildman–Crippen LogP) is 2.95. The van der Waals surface area contributed by atoms with Crippen molar-refractivity contribution in [2.45, 2.75) is 20.4 Å². The SMILES string of the molecule is Cc1nc(C)c(-c2ccc(=O)n(CCNC(=O)/C=C\c3ccc(F)cc3)n2)s1. The zero-order chi connectivity index (χ0) is 20.1. The Balaban J connectivity index is 1.60. The molecule has 2 heterocycles. The molecule has 144 valence electrons. The molecule has 0 atom stereocenters. The van der Waals surface area contributed by atoms with E-state index < -0.39 is 0 Å². The van der Waals surface area contributed by atoms with E-state index in [4.69, 9.17) is 0 Å². The summed E-state index contributed by atoms with van der Waals surface area (Å²) < 4.78 is 14.2. The van der Waals surface area contributed by atoms with Crippen LogP contribution in [0.4, 0.5) is 4.39 Å². The number of halogens is 1. The second kappa shape index (κ2) is 8.71. The molecule has 0 aliphatic rings. The molecule has 0 unspecified atom stereocenters. The molecular formula is C20H19FN4O2S. The van der Waals surface area contributed by atoms with Gasteiger partial charge in [0, 0.05) is 18.7 Å². The third kappa shape index (κ3) is 4.98. The van der Waals surface area contributed by atoms with Gasteiger partial charge in [-0.3, -0.25) is 9.59 Å². The van der Waals surface area contributed by atoms with Gasteiger partial charge >= 0.3 is 0 Å². The first kappa shape index (κ1) is 19.6. The Morgan fingerprint density at radius 2 is 1.96 bits per heavy atom. The molecule has 0 fully saturated rings. The smallest absolute Gasteiger partial charge is 0.266 e. The van der Waals surface area contributed by atoms with Gasteiger partial charge in [-0.25, -0.2) is 14.1 Å². The average Bonchev–Trinajstić information content (AvgIpc) is 3.01. The summed E-state index contributed by atoms with van der Waals surface area (Å²) >= 11 is 1.52. The van der Waals surface area contributed by atoms with Gasteiger partial charge in [0.1, 0.15) is 11.5 Å². The number of aryl methyl sites for hydroxylation is 2. The van der Waals surface area contributed by atoms with E-state index in [1.165, 1.54) is 40.3 Å². The fraction of sp³-hybridized carbons (Fsp3) is 0.200. The molecule has 3 rings (SSSR count). The normalized spacial score (nSPS) is 11.1. The summed E-state index contributed by atoms with van der Waals surface area (Å²) in [5.41, 5.74) is 2.04. The van der Waals surface area contributed by atoms with Crippen LogP contribution in [-0.4, -0.2) is 27.2 Å². The van der Waals surface area contributed by atoms with Gasteiger partial charge < -0.3 is 5.32 Å². The fourth-order valence-electron chi connectivity index (χ4n) is 2.59. The van der Waals surface area contributed by atoms with Gasteiger partial charge in [0.2, 0.25) is 5.91 Å². The summed E-state index contributed by atoms with van der Waals surface area (Å²) in [4.78, 5) is 29.3. The molecular weight excluding hydrogens is 379 g/mol. The highest BCUT2D eigenvalue weighted by Gasteiger charge is 2.10. The van der Waals surface area contributed by atoms with Crippen LogP contribution >= 0.6 is 11.3 Å². The van der Waals surface area contributed by atoms with Crippen LogP contribution in [0.3, 0.4) is 0 Å². The Morgan fingerprint density at radius 1 is 1.21 bits per heavy atom. The third-order valence-corrected chi connectivity index (χ3v) is 5.02. The summed E-state index contributed by atoms with van der Waals surface area (Å²) in [6.45, 7) is 4.33. The summed E-state index contributed by atoms with van der Waals surface area (Å²) in [6.07, 6.45) is 2.96. The van der Waals surface area contributed by atoms with Crippen molar-refractivity contribution in [2.24, 2.45) is 0 Å². The van der Waals surface area contributed by atoms with Crippen molar-refractivity contribution in [3.63, 3.8) is 0 Å². The number of nitrogens with zero attached hydrogens (tertiary/aromatic N) is 3. The van der Waals surface area contributed by atoms with Gasteiger partial charge in [0.05, 0.1) is 22.1 Å². The minimum absolute atomic E-state index is 0.237. The number of aromatic nitrogens is 3. The summed E-state index contributed by atoms with van der Waals surface area (Å²) in [7, 11) is 0. The van der Waals surface area contributed by atoms with E-state index in [9.17, 15) is 14.0 Å². The number of amides is 1. The lowest BCUT2D eigenvalue weighted by molar-refractivity contribution is -0.116. The summed E-state index contributed by atoms with van der Waals surface area (Å²) in [6, 6.07) is 8.97. The van der Waals surface area contributed by atoms with Gasteiger partial charge in [-0.15, -0.1) is 11.3 Å². The second-order valence-electron chi connectivity index (χ2n) is 6.10. The van der Waals surface area contributed by atoms with Gasteiger partial charge in [-0.2, -0.15) is 5.10 Å². The fourth-order valence-corrected chi connectivity index (χ4v) is 3.47. The highest BCUT2D eigenvalue weighted by molar-refractivity contribution is 7.15. The number of carbonyl (C=O) groups excluding carboxylic acids is 1. The van der Waals surface area contributed by atoms with Gasteiger partial charge in [-0.05, 0) is 43.7 Å². The van der Waals surface area contributed by atoms with Crippen molar-refractivity contribution in [3.8, 4) is 10.6 Å². The van der Waals surface area contributed by atoms with Crippen molar-refractivity contribution in [1.29, 1.82) is 0 Å². The Kier molecular flexibility index (Phi) is 6.10. The molecule has 3 aromatic rings. The van der Waals surface area contributed by atoms with Crippen molar-refractivity contribution < 1.29 is 9.18 Å². The molecule has 0 aliphatic carbocycles. The number of nitrogens with one attached hydrogen (secondary N) is 1.